The summed E-state index contributed by atoms with van der Waals surface area (Å²) in [6.45, 7) is 3.81. The van der Waals surface area contributed by atoms with Crippen LogP contribution in [0.5, 0.6) is 0 Å². The van der Waals surface area contributed by atoms with Gasteiger partial charge in [-0.15, -0.1) is 0 Å². The zero-order chi connectivity index (χ0) is 17.3. The van der Waals surface area contributed by atoms with Crippen molar-refractivity contribution in [3.05, 3.63) is 35.6 Å². The number of likely N-dealkylation sites (tertiary alicyclic amines) is 1. The summed E-state index contributed by atoms with van der Waals surface area (Å²) >= 11 is 0. The largest absolute Gasteiger partial charge is 0.347 e. The lowest BCUT2D eigenvalue weighted by Gasteiger charge is -2.38. The van der Waals surface area contributed by atoms with Crippen molar-refractivity contribution in [3.63, 3.8) is 0 Å². The smallest absolute Gasteiger partial charge is 0.236 e. The first kappa shape index (κ1) is 16.9. The summed E-state index contributed by atoms with van der Waals surface area (Å²) in [5.74, 6) is -0.501. The number of hydrogen-bond donors (Lipinski definition) is 0. The number of ether oxygens (including phenoxy) is 2. The number of halogens is 1. The second-order valence-electron chi connectivity index (χ2n) is 7.25. The van der Waals surface area contributed by atoms with Crippen LogP contribution in [0.25, 0.3) is 0 Å². The van der Waals surface area contributed by atoms with Gasteiger partial charge in [0.25, 0.3) is 0 Å². The fourth-order valence-corrected chi connectivity index (χ4v) is 3.73. The van der Waals surface area contributed by atoms with Gasteiger partial charge in [0, 0.05) is 38.5 Å². The van der Waals surface area contributed by atoms with Crippen LogP contribution in [0, 0.1) is 5.82 Å². The van der Waals surface area contributed by atoms with Crippen molar-refractivity contribution in [1.29, 1.82) is 0 Å². The molecule has 3 fully saturated rings. The Morgan fingerprint density at radius 3 is 2.40 bits per heavy atom. The molecule has 5 nitrogen and oxygen atoms in total. The van der Waals surface area contributed by atoms with E-state index in [1.807, 2.05) is 4.90 Å². The Morgan fingerprint density at radius 1 is 1.16 bits per heavy atom. The molecule has 1 saturated carbocycles. The number of benzene rings is 1. The minimum atomic E-state index is -0.443. The molecule has 0 radical (unpaired) electrons. The third-order valence-electron chi connectivity index (χ3n) is 5.39. The van der Waals surface area contributed by atoms with E-state index < -0.39 is 5.79 Å². The van der Waals surface area contributed by atoms with E-state index in [2.05, 4.69) is 4.90 Å². The number of amides is 1. The van der Waals surface area contributed by atoms with Crippen molar-refractivity contribution >= 4 is 5.91 Å². The number of rotatable bonds is 5. The van der Waals surface area contributed by atoms with Gasteiger partial charge >= 0.3 is 0 Å². The van der Waals surface area contributed by atoms with Crippen molar-refractivity contribution in [1.82, 2.24) is 9.80 Å². The van der Waals surface area contributed by atoms with Gasteiger partial charge in [0.05, 0.1) is 19.8 Å². The van der Waals surface area contributed by atoms with Crippen molar-refractivity contribution in [2.75, 3.05) is 32.8 Å². The molecule has 2 aliphatic heterocycles. The first-order valence-corrected chi connectivity index (χ1v) is 9.18. The van der Waals surface area contributed by atoms with Gasteiger partial charge in [-0.25, -0.2) is 4.39 Å². The molecule has 1 aromatic rings. The Kier molecular flexibility index (Phi) is 4.75. The average molecular weight is 348 g/mol. The number of nitrogens with zero attached hydrogens (tertiary/aromatic N) is 2. The molecule has 0 unspecified atom stereocenters. The molecule has 1 aliphatic carbocycles. The number of hydrogen-bond acceptors (Lipinski definition) is 4. The molecule has 0 atom stereocenters. The number of carbonyl (C=O) groups is 1. The van der Waals surface area contributed by atoms with Gasteiger partial charge in [-0.2, -0.15) is 0 Å². The Morgan fingerprint density at radius 2 is 1.80 bits per heavy atom. The summed E-state index contributed by atoms with van der Waals surface area (Å²) < 4.78 is 24.5. The molecule has 136 valence electrons. The molecule has 3 aliphatic rings. The van der Waals surface area contributed by atoms with E-state index in [4.69, 9.17) is 9.47 Å². The van der Waals surface area contributed by atoms with Gasteiger partial charge in [0.2, 0.25) is 5.91 Å². The standard InChI is InChI=1S/C19H25FN2O3/c20-16-3-1-15(2-4-16)13-22(17-5-6-17)14-18(23)21-9-7-19(8-10-21)24-11-12-25-19/h1-4,17H,5-14H2. The van der Waals surface area contributed by atoms with Crippen LogP contribution < -0.4 is 0 Å². The van der Waals surface area contributed by atoms with Gasteiger partial charge in [0.15, 0.2) is 5.79 Å². The van der Waals surface area contributed by atoms with Gasteiger partial charge in [-0.3, -0.25) is 9.69 Å². The van der Waals surface area contributed by atoms with Crippen LogP contribution in [-0.4, -0.2) is 60.4 Å². The molecule has 0 aromatic heterocycles. The Labute approximate surface area is 147 Å². The maximum absolute atomic E-state index is 13.1. The van der Waals surface area contributed by atoms with Crippen LogP contribution in [0.3, 0.4) is 0 Å². The average Bonchev–Trinajstić information content (AvgIpc) is 3.38. The monoisotopic (exact) mass is 348 g/mol. The fraction of sp³-hybridized carbons (Fsp3) is 0.632. The molecule has 2 saturated heterocycles. The van der Waals surface area contributed by atoms with E-state index in [1.54, 1.807) is 12.1 Å². The lowest BCUT2D eigenvalue weighted by atomic mass is 10.0. The van der Waals surface area contributed by atoms with E-state index in [-0.39, 0.29) is 11.7 Å². The highest BCUT2D eigenvalue weighted by Gasteiger charge is 2.41. The summed E-state index contributed by atoms with van der Waals surface area (Å²) in [6, 6.07) is 7.04. The quantitative estimate of drug-likeness (QED) is 0.818. The lowest BCUT2D eigenvalue weighted by Crippen LogP contribution is -2.50. The zero-order valence-corrected chi connectivity index (χ0v) is 14.5. The van der Waals surface area contributed by atoms with Gasteiger partial charge in [0.1, 0.15) is 5.82 Å². The SMILES string of the molecule is O=C(CN(Cc1ccc(F)cc1)C1CC1)N1CCC2(CC1)OCCO2. The van der Waals surface area contributed by atoms with Crippen LogP contribution in [0.1, 0.15) is 31.2 Å². The Hall–Kier alpha value is -1.50. The highest BCUT2D eigenvalue weighted by Crippen LogP contribution is 2.32. The van der Waals surface area contributed by atoms with Gasteiger partial charge in [-0.1, -0.05) is 12.1 Å². The maximum Gasteiger partial charge on any atom is 0.236 e. The summed E-state index contributed by atoms with van der Waals surface area (Å²) in [5.41, 5.74) is 1.05. The van der Waals surface area contributed by atoms with Crippen molar-refractivity contribution in [3.8, 4) is 0 Å². The summed E-state index contributed by atoms with van der Waals surface area (Å²) in [4.78, 5) is 16.9. The van der Waals surface area contributed by atoms with Crippen LogP contribution in [0.4, 0.5) is 4.39 Å². The highest BCUT2D eigenvalue weighted by atomic mass is 19.1. The van der Waals surface area contributed by atoms with E-state index >= 15 is 0 Å². The topological polar surface area (TPSA) is 42.0 Å². The van der Waals surface area contributed by atoms with Gasteiger partial charge in [-0.05, 0) is 30.5 Å². The van der Waals surface area contributed by atoms with E-state index in [1.165, 1.54) is 12.1 Å². The van der Waals surface area contributed by atoms with E-state index in [9.17, 15) is 9.18 Å². The summed E-state index contributed by atoms with van der Waals surface area (Å²) in [6.07, 6.45) is 3.78. The van der Waals surface area contributed by atoms with Crippen molar-refractivity contribution in [2.24, 2.45) is 0 Å². The maximum atomic E-state index is 13.1. The van der Waals surface area contributed by atoms with Crippen LogP contribution in [0.2, 0.25) is 0 Å². The molecule has 2 heterocycles. The molecule has 0 bridgehead atoms. The Balaban J connectivity index is 1.32. The molecule has 25 heavy (non-hydrogen) atoms. The van der Waals surface area contributed by atoms with E-state index in [0.29, 0.717) is 45.4 Å². The number of carbonyl (C=O) groups excluding carboxylic acids is 1. The molecule has 1 amide bonds. The molecule has 1 spiro atoms. The second-order valence-corrected chi connectivity index (χ2v) is 7.25. The van der Waals surface area contributed by atoms with Crippen molar-refractivity contribution in [2.45, 2.75) is 44.1 Å². The zero-order valence-electron chi connectivity index (χ0n) is 14.5. The van der Waals surface area contributed by atoms with E-state index in [0.717, 1.165) is 31.2 Å². The summed E-state index contributed by atoms with van der Waals surface area (Å²) in [7, 11) is 0. The summed E-state index contributed by atoms with van der Waals surface area (Å²) in [5, 5.41) is 0. The van der Waals surface area contributed by atoms with Crippen molar-refractivity contribution < 1.29 is 18.7 Å². The Bertz CT molecular complexity index is 602. The minimum Gasteiger partial charge on any atom is -0.347 e. The highest BCUT2D eigenvalue weighted by molar-refractivity contribution is 5.78. The predicted octanol–water partition coefficient (Wildman–Crippen LogP) is 2.16. The fourth-order valence-electron chi connectivity index (χ4n) is 3.73. The van der Waals surface area contributed by atoms with Crippen LogP contribution in [-0.2, 0) is 20.8 Å². The second kappa shape index (κ2) is 7.02. The van der Waals surface area contributed by atoms with Gasteiger partial charge < -0.3 is 14.4 Å². The third-order valence-corrected chi connectivity index (χ3v) is 5.39. The molecule has 4 rings (SSSR count). The lowest BCUT2D eigenvalue weighted by molar-refractivity contribution is -0.187. The first-order valence-electron chi connectivity index (χ1n) is 9.18. The predicted molar refractivity (Wildman–Crippen MR) is 90.3 cm³/mol. The molecular formula is C19H25FN2O3. The molecule has 0 N–H and O–H groups in total. The van der Waals surface area contributed by atoms with Crippen LogP contribution in [0.15, 0.2) is 24.3 Å². The molecule has 6 heteroatoms. The minimum absolute atomic E-state index is 0.168. The third kappa shape index (κ3) is 4.02. The first-order chi connectivity index (χ1) is 12.1. The molecular weight excluding hydrogens is 323 g/mol. The molecule has 1 aromatic carbocycles. The normalized spacial score (nSPS) is 22.7. The van der Waals surface area contributed by atoms with Crippen LogP contribution >= 0.6 is 0 Å². The number of piperidine rings is 1.